The number of rotatable bonds is 4. The van der Waals surface area contributed by atoms with Gasteiger partial charge in [-0.2, -0.15) is 0 Å². The summed E-state index contributed by atoms with van der Waals surface area (Å²) in [5, 5.41) is 3.37. The molecule has 0 atom stereocenters. The minimum absolute atomic E-state index is 0.0959. The Balaban J connectivity index is 2.43. The van der Waals surface area contributed by atoms with Crippen LogP contribution in [0.1, 0.15) is 47.0 Å². The van der Waals surface area contributed by atoms with Gasteiger partial charge < -0.3 is 10.2 Å². The molecule has 1 N–H and O–H groups in total. The fourth-order valence-corrected chi connectivity index (χ4v) is 2.35. The largest absolute Gasteiger partial charge is 0.343 e. The molecular weight excluding hydrogens is 212 g/mol. The van der Waals surface area contributed by atoms with Crippen molar-refractivity contribution in [2.45, 2.75) is 47.0 Å². The molecule has 1 aliphatic rings. The zero-order valence-corrected chi connectivity index (χ0v) is 11.9. The van der Waals surface area contributed by atoms with Crippen LogP contribution in [0.15, 0.2) is 0 Å². The molecule has 1 rings (SSSR count). The summed E-state index contributed by atoms with van der Waals surface area (Å²) in [5.74, 6) is 1.01. The van der Waals surface area contributed by atoms with Gasteiger partial charge in [-0.05, 0) is 44.2 Å². The summed E-state index contributed by atoms with van der Waals surface area (Å²) in [4.78, 5) is 14.2. The van der Waals surface area contributed by atoms with E-state index in [1.165, 1.54) is 12.8 Å². The topological polar surface area (TPSA) is 32.3 Å². The molecule has 0 aliphatic carbocycles. The molecule has 0 aromatic rings. The highest BCUT2D eigenvalue weighted by Gasteiger charge is 2.23. The van der Waals surface area contributed by atoms with Gasteiger partial charge in [-0.3, -0.25) is 4.79 Å². The van der Waals surface area contributed by atoms with Gasteiger partial charge in [0, 0.05) is 19.5 Å². The van der Waals surface area contributed by atoms with Gasteiger partial charge in [0.05, 0.1) is 0 Å². The number of amides is 1. The Hall–Kier alpha value is -0.570. The maximum absolute atomic E-state index is 12.2. The van der Waals surface area contributed by atoms with Crippen LogP contribution >= 0.6 is 0 Å². The van der Waals surface area contributed by atoms with Crippen molar-refractivity contribution in [3.63, 3.8) is 0 Å². The van der Waals surface area contributed by atoms with Crippen molar-refractivity contribution in [1.29, 1.82) is 0 Å². The maximum atomic E-state index is 12.2. The van der Waals surface area contributed by atoms with Crippen LogP contribution in [0.4, 0.5) is 0 Å². The summed E-state index contributed by atoms with van der Waals surface area (Å²) in [5.41, 5.74) is 0.0959. The summed E-state index contributed by atoms with van der Waals surface area (Å²) in [6, 6.07) is 0. The number of hydrogen-bond donors (Lipinski definition) is 1. The van der Waals surface area contributed by atoms with Crippen molar-refractivity contribution in [3.05, 3.63) is 0 Å². The third-order valence-electron chi connectivity index (χ3n) is 3.35. The van der Waals surface area contributed by atoms with Crippen molar-refractivity contribution in [1.82, 2.24) is 10.2 Å². The van der Waals surface area contributed by atoms with Crippen LogP contribution in [0, 0.1) is 11.3 Å². The van der Waals surface area contributed by atoms with Crippen molar-refractivity contribution in [3.8, 4) is 0 Å². The lowest BCUT2D eigenvalue weighted by Gasteiger charge is -2.31. The molecule has 0 aromatic carbocycles. The van der Waals surface area contributed by atoms with Crippen molar-refractivity contribution >= 4 is 5.91 Å². The number of carbonyl (C=O) groups is 1. The lowest BCUT2D eigenvalue weighted by Crippen LogP contribution is -2.40. The minimum Gasteiger partial charge on any atom is -0.343 e. The highest BCUT2D eigenvalue weighted by atomic mass is 16.2. The van der Waals surface area contributed by atoms with Gasteiger partial charge in [0.2, 0.25) is 5.91 Å². The van der Waals surface area contributed by atoms with Gasteiger partial charge in [-0.25, -0.2) is 0 Å². The fraction of sp³-hybridized carbons (Fsp3) is 0.929. The summed E-state index contributed by atoms with van der Waals surface area (Å²) < 4.78 is 0. The Labute approximate surface area is 106 Å². The molecule has 17 heavy (non-hydrogen) atoms. The van der Waals surface area contributed by atoms with E-state index in [0.717, 1.165) is 26.2 Å². The van der Waals surface area contributed by atoms with Crippen LogP contribution in [0.5, 0.6) is 0 Å². The van der Waals surface area contributed by atoms with E-state index < -0.39 is 0 Å². The van der Waals surface area contributed by atoms with E-state index in [9.17, 15) is 4.79 Å². The number of piperidine rings is 1. The monoisotopic (exact) mass is 240 g/mol. The summed E-state index contributed by atoms with van der Waals surface area (Å²) in [7, 11) is 0. The molecule has 100 valence electrons. The van der Waals surface area contributed by atoms with Crippen LogP contribution in [-0.2, 0) is 4.79 Å². The molecule has 3 nitrogen and oxygen atoms in total. The average molecular weight is 240 g/mol. The summed E-state index contributed by atoms with van der Waals surface area (Å²) in [6.07, 6.45) is 3.07. The second kappa shape index (κ2) is 6.39. The molecule has 0 radical (unpaired) electrons. The Morgan fingerprint density at radius 1 is 1.29 bits per heavy atom. The predicted octanol–water partition coefficient (Wildman–Crippen LogP) is 2.27. The lowest BCUT2D eigenvalue weighted by atomic mass is 9.91. The molecule has 0 saturated carbocycles. The highest BCUT2D eigenvalue weighted by molar-refractivity contribution is 5.76. The Kier molecular flexibility index (Phi) is 5.44. The smallest absolute Gasteiger partial charge is 0.223 e. The first-order chi connectivity index (χ1) is 7.92. The van der Waals surface area contributed by atoms with Crippen LogP contribution in [0.25, 0.3) is 0 Å². The zero-order chi connectivity index (χ0) is 12.9. The molecule has 1 fully saturated rings. The van der Waals surface area contributed by atoms with E-state index >= 15 is 0 Å². The van der Waals surface area contributed by atoms with Crippen molar-refractivity contribution in [2.75, 3.05) is 26.2 Å². The first kappa shape index (κ1) is 14.5. The third-order valence-corrected chi connectivity index (χ3v) is 3.35. The van der Waals surface area contributed by atoms with E-state index in [0.29, 0.717) is 18.2 Å². The van der Waals surface area contributed by atoms with E-state index in [1.807, 2.05) is 4.90 Å². The van der Waals surface area contributed by atoms with Crippen LogP contribution in [0.2, 0.25) is 0 Å². The van der Waals surface area contributed by atoms with Crippen LogP contribution in [0.3, 0.4) is 0 Å². The molecule has 1 heterocycles. The van der Waals surface area contributed by atoms with Gasteiger partial charge in [0.15, 0.2) is 0 Å². The second-order valence-electron chi connectivity index (χ2n) is 6.36. The Bertz CT molecular complexity index is 239. The lowest BCUT2D eigenvalue weighted by molar-refractivity contribution is -0.133. The van der Waals surface area contributed by atoms with Crippen LogP contribution < -0.4 is 5.32 Å². The molecule has 0 bridgehead atoms. The maximum Gasteiger partial charge on any atom is 0.223 e. The van der Waals surface area contributed by atoms with Gasteiger partial charge in [-0.1, -0.05) is 20.8 Å². The Morgan fingerprint density at radius 3 is 2.35 bits per heavy atom. The zero-order valence-electron chi connectivity index (χ0n) is 11.9. The predicted molar refractivity (Wildman–Crippen MR) is 71.9 cm³/mol. The fourth-order valence-electron chi connectivity index (χ4n) is 2.35. The van der Waals surface area contributed by atoms with Gasteiger partial charge in [0.25, 0.3) is 0 Å². The highest BCUT2D eigenvalue weighted by Crippen LogP contribution is 2.21. The van der Waals surface area contributed by atoms with Gasteiger partial charge in [-0.15, -0.1) is 0 Å². The number of hydrogen-bond acceptors (Lipinski definition) is 2. The van der Waals surface area contributed by atoms with E-state index in [4.69, 9.17) is 0 Å². The normalized spacial score (nSPS) is 18.1. The number of nitrogens with zero attached hydrogens (tertiary/aromatic N) is 1. The van der Waals surface area contributed by atoms with E-state index in [1.54, 1.807) is 0 Å². The van der Waals surface area contributed by atoms with E-state index in [-0.39, 0.29) is 5.41 Å². The molecule has 3 heteroatoms. The number of carbonyl (C=O) groups excluding carboxylic acids is 1. The quantitative estimate of drug-likeness (QED) is 0.817. The minimum atomic E-state index is 0.0959. The van der Waals surface area contributed by atoms with Crippen molar-refractivity contribution < 1.29 is 4.79 Å². The second-order valence-corrected chi connectivity index (χ2v) is 6.36. The summed E-state index contributed by atoms with van der Waals surface area (Å²) in [6.45, 7) is 12.5. The molecule has 1 saturated heterocycles. The van der Waals surface area contributed by atoms with Gasteiger partial charge in [0.1, 0.15) is 0 Å². The molecular formula is C14H28N2O. The van der Waals surface area contributed by atoms with Crippen LogP contribution in [-0.4, -0.2) is 37.0 Å². The van der Waals surface area contributed by atoms with Crippen molar-refractivity contribution in [2.24, 2.45) is 11.3 Å². The molecule has 0 aromatic heterocycles. The Morgan fingerprint density at radius 2 is 1.88 bits per heavy atom. The molecule has 1 aliphatic heterocycles. The first-order valence-electron chi connectivity index (χ1n) is 6.91. The average Bonchev–Trinajstić information content (AvgIpc) is 2.24. The number of nitrogens with one attached hydrogen (secondary N) is 1. The third kappa shape index (κ3) is 5.53. The van der Waals surface area contributed by atoms with E-state index in [2.05, 4.69) is 33.0 Å². The standard InChI is InChI=1S/C14H28N2O/c1-5-16(13(17)10-14(2,3)4)11-12-6-8-15-9-7-12/h12,15H,5-11H2,1-4H3. The SMILES string of the molecule is CCN(CC1CCNCC1)C(=O)CC(C)(C)C. The summed E-state index contributed by atoms with van der Waals surface area (Å²) >= 11 is 0. The molecule has 0 unspecified atom stereocenters. The molecule has 1 amide bonds. The molecule has 0 spiro atoms. The van der Waals surface area contributed by atoms with Gasteiger partial charge >= 0.3 is 0 Å². The first-order valence-corrected chi connectivity index (χ1v) is 6.91.